The minimum Gasteiger partial charge on any atom is -0.481 e. The lowest BCUT2D eigenvalue weighted by atomic mass is 9.79. The quantitative estimate of drug-likeness (QED) is 0.776. The van der Waals surface area contributed by atoms with Gasteiger partial charge in [0.2, 0.25) is 0 Å². The van der Waals surface area contributed by atoms with E-state index in [4.69, 9.17) is 5.11 Å². The van der Waals surface area contributed by atoms with Crippen molar-refractivity contribution < 1.29 is 27.8 Å². The topological polar surface area (TPSA) is 46.5 Å². The minimum absolute atomic E-state index is 0.0173. The first-order valence-electron chi connectivity index (χ1n) is 4.33. The monoisotopic (exact) mass is 212 g/mol. The largest absolute Gasteiger partial charge is 0.522 e. The Labute approximate surface area is 78.9 Å². The van der Waals surface area contributed by atoms with Crippen LogP contribution in [0.5, 0.6) is 0 Å². The Bertz CT molecular complexity index is 208. The van der Waals surface area contributed by atoms with Gasteiger partial charge < -0.3 is 5.11 Å². The zero-order chi connectivity index (χ0) is 10.8. The molecular formula is C8H11F3O3. The van der Waals surface area contributed by atoms with E-state index in [2.05, 4.69) is 4.74 Å². The Kier molecular flexibility index (Phi) is 3.36. The predicted molar refractivity (Wildman–Crippen MR) is 40.5 cm³/mol. The highest BCUT2D eigenvalue weighted by Crippen LogP contribution is 2.37. The molecule has 0 heterocycles. The fourth-order valence-corrected chi connectivity index (χ4v) is 1.52. The van der Waals surface area contributed by atoms with Gasteiger partial charge in [0.1, 0.15) is 0 Å². The highest BCUT2D eigenvalue weighted by Gasteiger charge is 2.39. The van der Waals surface area contributed by atoms with E-state index >= 15 is 0 Å². The molecule has 0 atom stereocenters. The first kappa shape index (κ1) is 11.3. The van der Waals surface area contributed by atoms with Crippen LogP contribution >= 0.6 is 0 Å². The summed E-state index contributed by atoms with van der Waals surface area (Å²) in [6.07, 6.45) is -4.26. The number of carboxylic acids is 1. The summed E-state index contributed by atoms with van der Waals surface area (Å²) in [5, 5.41) is 8.32. The lowest BCUT2D eigenvalue weighted by molar-refractivity contribution is -0.354. The molecule has 0 aromatic carbocycles. The first-order chi connectivity index (χ1) is 6.37. The first-order valence-corrected chi connectivity index (χ1v) is 4.33. The lowest BCUT2D eigenvalue weighted by Crippen LogP contribution is -2.36. The van der Waals surface area contributed by atoms with Gasteiger partial charge in [0.05, 0.1) is 6.10 Å². The van der Waals surface area contributed by atoms with Gasteiger partial charge in [0.25, 0.3) is 0 Å². The molecule has 0 amide bonds. The predicted octanol–water partition coefficient (Wildman–Crippen LogP) is 2.17. The third kappa shape index (κ3) is 3.95. The van der Waals surface area contributed by atoms with E-state index < -0.39 is 18.4 Å². The Balaban J connectivity index is 2.09. The van der Waals surface area contributed by atoms with Gasteiger partial charge in [-0.3, -0.25) is 9.53 Å². The number of carbonyl (C=O) groups is 1. The van der Waals surface area contributed by atoms with Crippen molar-refractivity contribution in [2.24, 2.45) is 5.92 Å². The summed E-state index contributed by atoms with van der Waals surface area (Å²) in [7, 11) is 0. The fraction of sp³-hybridized carbons (Fsp3) is 0.875. The Morgan fingerprint density at radius 3 is 2.43 bits per heavy atom. The zero-order valence-electron chi connectivity index (χ0n) is 7.38. The van der Waals surface area contributed by atoms with Gasteiger partial charge in [-0.1, -0.05) is 0 Å². The highest BCUT2D eigenvalue weighted by atomic mass is 19.4. The van der Waals surface area contributed by atoms with Gasteiger partial charge >= 0.3 is 12.3 Å². The molecular weight excluding hydrogens is 201 g/mol. The molecule has 14 heavy (non-hydrogen) atoms. The van der Waals surface area contributed by atoms with Crippen LogP contribution in [0.4, 0.5) is 13.2 Å². The standard InChI is InChI=1S/C8H11F3O3/c9-8(10,11)14-6-3-5(4-6)1-2-7(12)13/h5-6H,1-4H2,(H,12,13)/t5-,6+. The molecule has 1 fully saturated rings. The van der Waals surface area contributed by atoms with E-state index in [1.807, 2.05) is 0 Å². The highest BCUT2D eigenvalue weighted by molar-refractivity contribution is 5.66. The second kappa shape index (κ2) is 4.16. The van der Waals surface area contributed by atoms with Gasteiger partial charge in [-0.2, -0.15) is 0 Å². The summed E-state index contributed by atoms with van der Waals surface area (Å²) in [6, 6.07) is 0. The van der Waals surface area contributed by atoms with E-state index in [0.717, 1.165) is 0 Å². The van der Waals surface area contributed by atoms with Crippen LogP contribution in [0.2, 0.25) is 0 Å². The summed E-state index contributed by atoms with van der Waals surface area (Å²) in [6.45, 7) is 0. The van der Waals surface area contributed by atoms with E-state index in [0.29, 0.717) is 19.3 Å². The van der Waals surface area contributed by atoms with E-state index in [1.165, 1.54) is 0 Å². The van der Waals surface area contributed by atoms with Crippen molar-refractivity contribution in [2.75, 3.05) is 0 Å². The number of carboxylic acid groups (broad SMARTS) is 1. The van der Waals surface area contributed by atoms with E-state index in [-0.39, 0.29) is 12.3 Å². The van der Waals surface area contributed by atoms with Crippen molar-refractivity contribution in [3.05, 3.63) is 0 Å². The van der Waals surface area contributed by atoms with Crippen molar-refractivity contribution in [1.29, 1.82) is 0 Å². The maximum Gasteiger partial charge on any atom is 0.522 e. The Hall–Kier alpha value is -0.780. The lowest BCUT2D eigenvalue weighted by Gasteiger charge is -2.35. The molecule has 0 aromatic heterocycles. The molecule has 82 valence electrons. The molecule has 0 radical (unpaired) electrons. The molecule has 1 rings (SSSR count). The molecule has 0 aliphatic heterocycles. The van der Waals surface area contributed by atoms with Crippen molar-refractivity contribution in [2.45, 2.75) is 38.1 Å². The smallest absolute Gasteiger partial charge is 0.481 e. The summed E-state index contributed by atoms with van der Waals surface area (Å²) >= 11 is 0. The van der Waals surface area contributed by atoms with Crippen molar-refractivity contribution in [3.8, 4) is 0 Å². The van der Waals surface area contributed by atoms with Gasteiger partial charge in [-0.25, -0.2) is 0 Å². The maximum atomic E-state index is 11.7. The Morgan fingerprint density at radius 1 is 1.43 bits per heavy atom. The molecule has 1 N–H and O–H groups in total. The summed E-state index contributed by atoms with van der Waals surface area (Å²) in [5.74, 6) is -0.844. The third-order valence-corrected chi connectivity index (χ3v) is 2.26. The normalized spacial score (nSPS) is 27.1. The Morgan fingerprint density at radius 2 is 2.00 bits per heavy atom. The number of alkyl halides is 3. The molecule has 6 heteroatoms. The van der Waals surface area contributed by atoms with Crippen LogP contribution < -0.4 is 0 Å². The van der Waals surface area contributed by atoms with Crippen LogP contribution in [0.15, 0.2) is 0 Å². The number of rotatable bonds is 4. The van der Waals surface area contributed by atoms with E-state index in [9.17, 15) is 18.0 Å². The summed E-state index contributed by atoms with van der Waals surface area (Å²) < 4.78 is 38.7. The molecule has 0 unspecified atom stereocenters. The van der Waals surface area contributed by atoms with Crippen molar-refractivity contribution >= 4 is 5.97 Å². The van der Waals surface area contributed by atoms with Gasteiger partial charge in [-0.05, 0) is 25.2 Å². The number of halogens is 3. The number of hydrogen-bond acceptors (Lipinski definition) is 2. The van der Waals surface area contributed by atoms with Crippen LogP contribution in [0, 0.1) is 5.92 Å². The molecule has 0 saturated heterocycles. The molecule has 1 aliphatic rings. The molecule has 0 aromatic rings. The van der Waals surface area contributed by atoms with Crippen molar-refractivity contribution in [3.63, 3.8) is 0 Å². The molecule has 1 aliphatic carbocycles. The van der Waals surface area contributed by atoms with Crippen LogP contribution in [0.3, 0.4) is 0 Å². The van der Waals surface area contributed by atoms with Crippen LogP contribution in [-0.2, 0) is 9.53 Å². The second-order valence-electron chi connectivity index (χ2n) is 3.46. The fourth-order valence-electron chi connectivity index (χ4n) is 1.52. The summed E-state index contributed by atoms with van der Waals surface area (Å²) in [5.41, 5.74) is 0. The number of aliphatic carboxylic acids is 1. The minimum atomic E-state index is -4.57. The van der Waals surface area contributed by atoms with Gasteiger partial charge in [0, 0.05) is 6.42 Å². The molecule has 0 spiro atoms. The third-order valence-electron chi connectivity index (χ3n) is 2.26. The summed E-state index contributed by atoms with van der Waals surface area (Å²) in [4.78, 5) is 10.1. The van der Waals surface area contributed by atoms with Crippen molar-refractivity contribution in [1.82, 2.24) is 0 Å². The SMILES string of the molecule is O=C(O)CC[C@H]1C[C@@H](OC(F)(F)F)C1. The van der Waals surface area contributed by atoms with Gasteiger partial charge in [-0.15, -0.1) is 13.2 Å². The average molecular weight is 212 g/mol. The zero-order valence-corrected chi connectivity index (χ0v) is 7.38. The average Bonchev–Trinajstić information content (AvgIpc) is 1.90. The van der Waals surface area contributed by atoms with Crippen LogP contribution in [0.25, 0.3) is 0 Å². The number of ether oxygens (including phenoxy) is 1. The maximum absolute atomic E-state index is 11.7. The molecule has 3 nitrogen and oxygen atoms in total. The number of hydrogen-bond donors (Lipinski definition) is 1. The second-order valence-corrected chi connectivity index (χ2v) is 3.46. The van der Waals surface area contributed by atoms with E-state index in [1.54, 1.807) is 0 Å². The molecule has 1 saturated carbocycles. The van der Waals surface area contributed by atoms with Crippen LogP contribution in [0.1, 0.15) is 25.7 Å². The molecule has 0 bridgehead atoms. The van der Waals surface area contributed by atoms with Crippen LogP contribution in [-0.4, -0.2) is 23.5 Å². The van der Waals surface area contributed by atoms with Gasteiger partial charge in [0.15, 0.2) is 0 Å².